The number of benzene rings is 1. The monoisotopic (exact) mass is 288 g/mol. The molecule has 0 fully saturated rings. The maximum atomic E-state index is 10.9. The fourth-order valence-electron chi connectivity index (χ4n) is 1.18. The number of carbonyl (C=O) groups excluding carboxylic acids is 1. The predicted octanol–water partition coefficient (Wildman–Crippen LogP) is 1.08. The van der Waals surface area contributed by atoms with Crippen LogP contribution in [0.3, 0.4) is 0 Å². The smallest absolute Gasteiger partial charge is 0.321 e. The minimum Gasteiger partial charge on any atom is -0.480 e. The molecule has 1 amide bonds. The van der Waals surface area contributed by atoms with Crippen LogP contribution in [0.2, 0.25) is 5.02 Å². The summed E-state index contributed by atoms with van der Waals surface area (Å²) in [6.45, 7) is 0. The second-order valence-corrected chi connectivity index (χ2v) is 5.07. The first kappa shape index (κ1) is 14.8. The molecule has 0 spiro atoms. The van der Waals surface area contributed by atoms with Crippen LogP contribution in [0, 0.1) is 0 Å². The van der Waals surface area contributed by atoms with E-state index in [0.29, 0.717) is 22.1 Å². The van der Waals surface area contributed by atoms with Crippen LogP contribution in [0.25, 0.3) is 0 Å². The zero-order valence-corrected chi connectivity index (χ0v) is 11.0. The molecule has 1 aromatic carbocycles. The number of primary amides is 1. The van der Waals surface area contributed by atoms with E-state index in [1.165, 1.54) is 17.8 Å². The number of aliphatic carboxylic acids is 1. The van der Waals surface area contributed by atoms with Gasteiger partial charge in [-0.25, -0.2) is 0 Å². The molecular weight excluding hydrogens is 276 g/mol. The molecule has 0 bridgehead atoms. The van der Waals surface area contributed by atoms with Crippen LogP contribution in [-0.4, -0.2) is 28.8 Å². The largest absolute Gasteiger partial charge is 0.480 e. The summed E-state index contributed by atoms with van der Waals surface area (Å²) in [6.07, 6.45) is 0. The normalized spacial score (nSPS) is 12.1. The molecule has 0 heterocycles. The van der Waals surface area contributed by atoms with E-state index in [4.69, 9.17) is 28.2 Å². The van der Waals surface area contributed by atoms with E-state index >= 15 is 0 Å². The molecule has 1 aromatic rings. The molecule has 1 rings (SSSR count). The van der Waals surface area contributed by atoms with Crippen molar-refractivity contribution >= 4 is 35.2 Å². The summed E-state index contributed by atoms with van der Waals surface area (Å²) in [5.41, 5.74) is 11.6. The van der Waals surface area contributed by atoms with E-state index in [-0.39, 0.29) is 0 Å². The van der Waals surface area contributed by atoms with Crippen LogP contribution in [0.15, 0.2) is 18.2 Å². The number of carboxylic acids is 1. The van der Waals surface area contributed by atoms with E-state index in [0.717, 1.165) is 5.56 Å². The van der Waals surface area contributed by atoms with Gasteiger partial charge in [-0.05, 0) is 17.7 Å². The van der Waals surface area contributed by atoms with Gasteiger partial charge in [-0.15, -0.1) is 0 Å². The van der Waals surface area contributed by atoms with Crippen molar-refractivity contribution in [1.29, 1.82) is 0 Å². The van der Waals surface area contributed by atoms with Crippen molar-refractivity contribution in [2.75, 3.05) is 5.75 Å². The van der Waals surface area contributed by atoms with E-state index in [2.05, 4.69) is 0 Å². The summed E-state index contributed by atoms with van der Waals surface area (Å²) in [5.74, 6) is -0.746. The van der Waals surface area contributed by atoms with Crippen LogP contribution >= 0.6 is 23.4 Å². The summed E-state index contributed by atoms with van der Waals surface area (Å²) in [6, 6.07) is 3.89. The van der Waals surface area contributed by atoms with E-state index in [9.17, 15) is 9.59 Å². The molecule has 0 unspecified atom stereocenters. The third kappa shape index (κ3) is 4.21. The first-order valence-electron chi connectivity index (χ1n) is 5.06. The third-order valence-electron chi connectivity index (χ3n) is 2.21. The number of halogens is 1. The van der Waals surface area contributed by atoms with E-state index < -0.39 is 17.9 Å². The van der Waals surface area contributed by atoms with Crippen LogP contribution in [0.5, 0.6) is 0 Å². The van der Waals surface area contributed by atoms with Crippen LogP contribution in [0.1, 0.15) is 15.9 Å². The summed E-state index contributed by atoms with van der Waals surface area (Å²) >= 11 is 7.35. The number of thioether (sulfide) groups is 1. The molecule has 0 aliphatic carbocycles. The molecule has 18 heavy (non-hydrogen) atoms. The minimum absolute atomic E-state index is 0.295. The highest BCUT2D eigenvalue weighted by Gasteiger charge is 2.12. The number of rotatable bonds is 6. The van der Waals surface area contributed by atoms with Crippen LogP contribution in [0.4, 0.5) is 0 Å². The highest BCUT2D eigenvalue weighted by molar-refractivity contribution is 7.98. The Morgan fingerprint density at radius 1 is 1.44 bits per heavy atom. The Labute approximate surface area is 113 Å². The third-order valence-corrected chi connectivity index (χ3v) is 3.67. The fraction of sp³-hybridized carbons (Fsp3) is 0.273. The van der Waals surface area contributed by atoms with Crippen molar-refractivity contribution < 1.29 is 14.7 Å². The molecule has 98 valence electrons. The first-order chi connectivity index (χ1) is 8.41. The molecule has 0 aliphatic heterocycles. The summed E-state index contributed by atoms with van der Waals surface area (Å²) in [7, 11) is 0. The molecule has 0 saturated heterocycles. The second-order valence-electron chi connectivity index (χ2n) is 3.63. The maximum Gasteiger partial charge on any atom is 0.321 e. The van der Waals surface area contributed by atoms with Gasteiger partial charge < -0.3 is 16.6 Å². The number of hydrogen-bond acceptors (Lipinski definition) is 4. The number of hydrogen-bond donors (Lipinski definition) is 3. The summed E-state index contributed by atoms with van der Waals surface area (Å²) < 4.78 is 0. The predicted molar refractivity (Wildman–Crippen MR) is 71.7 cm³/mol. The van der Waals surface area contributed by atoms with E-state index in [1.807, 2.05) is 0 Å². The molecule has 1 atom stereocenters. The van der Waals surface area contributed by atoms with Gasteiger partial charge in [0.05, 0.1) is 0 Å². The highest BCUT2D eigenvalue weighted by Crippen LogP contribution is 2.22. The van der Waals surface area contributed by atoms with Gasteiger partial charge in [0, 0.05) is 22.1 Å². The zero-order valence-electron chi connectivity index (χ0n) is 9.43. The molecule has 5 nitrogen and oxygen atoms in total. The van der Waals surface area contributed by atoms with Gasteiger partial charge in [0.25, 0.3) is 0 Å². The highest BCUT2D eigenvalue weighted by atomic mass is 35.5. The lowest BCUT2D eigenvalue weighted by Gasteiger charge is -2.08. The SMILES string of the molecule is NC(=O)c1ccc(CSC[C@H](N)C(=O)O)c(Cl)c1. The number of carboxylic acid groups (broad SMARTS) is 1. The number of amides is 1. The van der Waals surface area contributed by atoms with Crippen molar-refractivity contribution in [3.05, 3.63) is 34.3 Å². The van der Waals surface area contributed by atoms with Gasteiger partial charge in [-0.2, -0.15) is 11.8 Å². The van der Waals surface area contributed by atoms with Gasteiger partial charge in [0.15, 0.2) is 0 Å². The molecular formula is C11H13ClN2O3S. The van der Waals surface area contributed by atoms with Crippen LogP contribution < -0.4 is 11.5 Å². The van der Waals surface area contributed by atoms with Gasteiger partial charge in [-0.3, -0.25) is 9.59 Å². The lowest BCUT2D eigenvalue weighted by molar-refractivity contribution is -0.137. The first-order valence-corrected chi connectivity index (χ1v) is 6.59. The van der Waals surface area contributed by atoms with Gasteiger partial charge in [0.1, 0.15) is 6.04 Å². The van der Waals surface area contributed by atoms with Gasteiger partial charge in [-0.1, -0.05) is 17.7 Å². The average molecular weight is 289 g/mol. The Hall–Kier alpha value is -1.24. The minimum atomic E-state index is -1.03. The number of carbonyl (C=O) groups is 2. The summed E-state index contributed by atoms with van der Waals surface area (Å²) in [5, 5.41) is 9.05. The molecule has 0 aliphatic rings. The maximum absolute atomic E-state index is 10.9. The average Bonchev–Trinajstić information content (AvgIpc) is 2.30. The molecule has 0 aromatic heterocycles. The van der Waals surface area contributed by atoms with E-state index in [1.54, 1.807) is 12.1 Å². The molecule has 5 N–H and O–H groups in total. The Morgan fingerprint density at radius 2 is 2.11 bits per heavy atom. The number of nitrogens with two attached hydrogens (primary N) is 2. The summed E-state index contributed by atoms with van der Waals surface area (Å²) in [4.78, 5) is 21.4. The Kier molecular flexibility index (Phi) is 5.46. The van der Waals surface area contributed by atoms with Crippen molar-refractivity contribution in [3.8, 4) is 0 Å². The van der Waals surface area contributed by atoms with Crippen molar-refractivity contribution in [1.82, 2.24) is 0 Å². The lowest BCUT2D eigenvalue weighted by Crippen LogP contribution is -2.32. The second kappa shape index (κ2) is 6.63. The Bertz CT molecular complexity index is 468. The topological polar surface area (TPSA) is 106 Å². The standard InChI is InChI=1S/C11H13ClN2O3S/c12-8-3-6(10(14)15)1-2-7(8)4-18-5-9(13)11(16)17/h1-3,9H,4-5,13H2,(H2,14,15)(H,16,17)/t9-/m0/s1. The molecule has 0 saturated carbocycles. The van der Waals surface area contributed by atoms with Crippen molar-refractivity contribution in [3.63, 3.8) is 0 Å². The fourth-order valence-corrected chi connectivity index (χ4v) is 2.50. The molecule has 7 heteroatoms. The van der Waals surface area contributed by atoms with Crippen molar-refractivity contribution in [2.45, 2.75) is 11.8 Å². The zero-order chi connectivity index (χ0) is 13.7. The molecule has 0 radical (unpaired) electrons. The van der Waals surface area contributed by atoms with Crippen molar-refractivity contribution in [2.24, 2.45) is 11.5 Å². The Balaban J connectivity index is 2.58. The van der Waals surface area contributed by atoms with Gasteiger partial charge >= 0.3 is 5.97 Å². The Morgan fingerprint density at radius 3 is 2.61 bits per heavy atom. The van der Waals surface area contributed by atoms with Crippen LogP contribution in [-0.2, 0) is 10.5 Å². The lowest BCUT2D eigenvalue weighted by atomic mass is 10.1. The quantitative estimate of drug-likeness (QED) is 0.726. The van der Waals surface area contributed by atoms with Gasteiger partial charge in [0.2, 0.25) is 5.91 Å².